The third kappa shape index (κ3) is 4.62. The van der Waals surface area contributed by atoms with Gasteiger partial charge >= 0.3 is 0 Å². The minimum atomic E-state index is -0.440. The van der Waals surface area contributed by atoms with Crippen molar-refractivity contribution in [1.29, 1.82) is 0 Å². The number of pyridine rings is 1. The van der Waals surface area contributed by atoms with E-state index in [-0.39, 0.29) is 35.7 Å². The van der Waals surface area contributed by atoms with Crippen LogP contribution in [0, 0.1) is 11.7 Å². The van der Waals surface area contributed by atoms with E-state index in [1.165, 1.54) is 17.7 Å². The number of hydrogen-bond donors (Lipinski definition) is 1. The number of amides is 2. The molecule has 1 N–H and O–H groups in total. The predicted octanol–water partition coefficient (Wildman–Crippen LogP) is 5.02. The summed E-state index contributed by atoms with van der Waals surface area (Å²) in [4.78, 5) is 35.3. The molecular formula is C32H38FN5O2. The topological polar surface area (TPSA) is 70.0 Å². The molecule has 0 radical (unpaired) electrons. The highest BCUT2D eigenvalue weighted by atomic mass is 19.1. The van der Waals surface area contributed by atoms with Crippen molar-refractivity contribution in [2.45, 2.75) is 70.5 Å². The second kappa shape index (κ2) is 10.5. The standard InChI is InChI=1S/C32H38FN5O2/c1-5-38(19(2)3)31(39)28-14-23(33)6-8-26(28)27-13-22(17-37-18-34-15-29(27)37)21-10-11-36(16-21)32(40)30-25-9-7-24(35-30)12-20(25)4/h6,8,13-15,17-19,21,24-25,30,35H,4-5,7,9-12,16H2,1-3H3/t21?,24-,25+,30-/m0/s1. The van der Waals surface area contributed by atoms with Crippen molar-refractivity contribution >= 4 is 17.3 Å². The largest absolute Gasteiger partial charge is 0.341 e. The van der Waals surface area contributed by atoms with Crippen LogP contribution in [0.3, 0.4) is 0 Å². The van der Waals surface area contributed by atoms with Gasteiger partial charge in [0.05, 0.1) is 29.6 Å². The summed E-state index contributed by atoms with van der Waals surface area (Å²) in [6.45, 7) is 12.0. The molecule has 1 aliphatic carbocycles. The first kappa shape index (κ1) is 26.7. The van der Waals surface area contributed by atoms with Crippen LogP contribution in [-0.2, 0) is 4.79 Å². The van der Waals surface area contributed by atoms with Gasteiger partial charge < -0.3 is 19.5 Å². The Labute approximate surface area is 235 Å². The van der Waals surface area contributed by atoms with Gasteiger partial charge in [-0.15, -0.1) is 0 Å². The van der Waals surface area contributed by atoms with Gasteiger partial charge in [-0.3, -0.25) is 9.59 Å². The summed E-state index contributed by atoms with van der Waals surface area (Å²) in [6, 6.07) is 6.74. The van der Waals surface area contributed by atoms with Crippen LogP contribution in [-0.4, -0.2) is 68.8 Å². The molecule has 7 nitrogen and oxygen atoms in total. The SMILES string of the molecule is C=C1C[C@@H]2CC[C@H]1[C@@H](C(=O)N1CCC(c3cc(-c4ccc(F)cc4C(=O)N(CC)C(C)C)c4cncn4c3)C1)N2. The fourth-order valence-electron chi connectivity index (χ4n) is 7.06. The van der Waals surface area contributed by atoms with Crippen LogP contribution >= 0.6 is 0 Å². The van der Waals surface area contributed by atoms with Gasteiger partial charge in [-0.2, -0.15) is 0 Å². The van der Waals surface area contributed by atoms with Gasteiger partial charge in [-0.1, -0.05) is 18.2 Å². The van der Waals surface area contributed by atoms with Gasteiger partial charge in [0.2, 0.25) is 5.91 Å². The van der Waals surface area contributed by atoms with Crippen LogP contribution in [0.1, 0.15) is 68.3 Å². The molecule has 4 fully saturated rings. The summed E-state index contributed by atoms with van der Waals surface area (Å²) in [5.74, 6) is -0.0649. The molecule has 5 heterocycles. The maximum atomic E-state index is 14.5. The van der Waals surface area contributed by atoms with Gasteiger partial charge in [0.25, 0.3) is 5.91 Å². The maximum Gasteiger partial charge on any atom is 0.254 e. The summed E-state index contributed by atoms with van der Waals surface area (Å²) in [5.41, 5.74) is 5.01. The van der Waals surface area contributed by atoms with E-state index >= 15 is 0 Å². The van der Waals surface area contributed by atoms with Crippen molar-refractivity contribution < 1.29 is 14.0 Å². The van der Waals surface area contributed by atoms with E-state index < -0.39 is 5.82 Å². The number of rotatable bonds is 6. The number of imidazole rings is 1. The molecule has 2 bridgehead atoms. The average molecular weight is 544 g/mol. The normalized spacial score (nSPS) is 24.3. The quantitative estimate of drug-likeness (QED) is 0.443. The van der Waals surface area contributed by atoms with E-state index in [1.807, 2.05) is 30.1 Å². The molecule has 3 aliphatic heterocycles. The number of fused-ring (bicyclic) bond motifs is 4. The molecule has 0 spiro atoms. The Bertz CT molecular complexity index is 1480. The molecule has 1 unspecified atom stereocenters. The third-order valence-corrected chi connectivity index (χ3v) is 9.18. The van der Waals surface area contributed by atoms with E-state index in [1.54, 1.807) is 23.5 Å². The van der Waals surface area contributed by atoms with Gasteiger partial charge in [0, 0.05) is 55.3 Å². The summed E-state index contributed by atoms with van der Waals surface area (Å²) in [5, 5.41) is 3.58. The Hall–Kier alpha value is -3.52. The highest BCUT2D eigenvalue weighted by Crippen LogP contribution is 2.39. The Morgan fingerprint density at radius 1 is 1.20 bits per heavy atom. The van der Waals surface area contributed by atoms with Crippen molar-refractivity contribution in [3.63, 3.8) is 0 Å². The fraction of sp³-hybridized carbons (Fsp3) is 0.469. The second-order valence-electron chi connectivity index (χ2n) is 11.9. The number of likely N-dealkylation sites (tertiary alicyclic amines) is 1. The van der Waals surface area contributed by atoms with Crippen LogP contribution in [0.25, 0.3) is 16.6 Å². The number of halogens is 1. The van der Waals surface area contributed by atoms with E-state index in [0.29, 0.717) is 36.8 Å². The first-order valence-corrected chi connectivity index (χ1v) is 14.5. The fourth-order valence-corrected chi connectivity index (χ4v) is 7.06. The van der Waals surface area contributed by atoms with Crippen molar-refractivity contribution in [3.8, 4) is 11.1 Å². The van der Waals surface area contributed by atoms with Crippen molar-refractivity contribution in [2.75, 3.05) is 19.6 Å². The molecular weight excluding hydrogens is 505 g/mol. The zero-order valence-corrected chi connectivity index (χ0v) is 23.6. The minimum absolute atomic E-state index is 0.0111. The highest BCUT2D eigenvalue weighted by molar-refractivity contribution is 6.03. The summed E-state index contributed by atoms with van der Waals surface area (Å²) in [7, 11) is 0. The number of carbonyl (C=O) groups is 2. The molecule has 4 aliphatic rings. The average Bonchev–Trinajstić information content (AvgIpc) is 3.62. The Morgan fingerprint density at radius 2 is 2.02 bits per heavy atom. The molecule has 4 atom stereocenters. The van der Waals surface area contributed by atoms with Crippen LogP contribution in [0.15, 0.2) is 55.1 Å². The number of carbonyl (C=O) groups excluding carboxylic acids is 2. The second-order valence-corrected chi connectivity index (χ2v) is 11.9. The number of nitrogens with one attached hydrogen (secondary N) is 1. The number of hydrogen-bond acceptors (Lipinski definition) is 4. The summed E-state index contributed by atoms with van der Waals surface area (Å²) >= 11 is 0. The van der Waals surface area contributed by atoms with Crippen molar-refractivity contribution in [1.82, 2.24) is 24.5 Å². The lowest BCUT2D eigenvalue weighted by Gasteiger charge is -2.45. The van der Waals surface area contributed by atoms with Crippen molar-refractivity contribution in [3.05, 3.63) is 72.1 Å². The third-order valence-electron chi connectivity index (χ3n) is 9.18. The molecule has 40 heavy (non-hydrogen) atoms. The predicted molar refractivity (Wildman–Crippen MR) is 154 cm³/mol. The summed E-state index contributed by atoms with van der Waals surface area (Å²) in [6.07, 6.45) is 9.60. The van der Waals surface area contributed by atoms with E-state index in [2.05, 4.69) is 29.1 Å². The molecule has 8 heteroatoms. The van der Waals surface area contributed by atoms with E-state index in [4.69, 9.17) is 0 Å². The molecule has 1 saturated carbocycles. The first-order valence-electron chi connectivity index (χ1n) is 14.5. The van der Waals surface area contributed by atoms with E-state index in [9.17, 15) is 14.0 Å². The minimum Gasteiger partial charge on any atom is -0.341 e. The van der Waals surface area contributed by atoms with Gasteiger partial charge in [-0.25, -0.2) is 9.37 Å². The number of nitrogens with zero attached hydrogens (tertiary/aromatic N) is 4. The Balaban J connectivity index is 1.32. The lowest BCUT2D eigenvalue weighted by atomic mass is 9.73. The van der Waals surface area contributed by atoms with Gasteiger partial charge in [0.1, 0.15) is 5.82 Å². The van der Waals surface area contributed by atoms with Crippen molar-refractivity contribution in [2.24, 2.45) is 5.92 Å². The monoisotopic (exact) mass is 543 g/mol. The first-order chi connectivity index (χ1) is 19.2. The molecule has 7 rings (SSSR count). The smallest absolute Gasteiger partial charge is 0.254 e. The Morgan fingerprint density at radius 3 is 2.75 bits per heavy atom. The molecule has 210 valence electrons. The zero-order chi connectivity index (χ0) is 28.1. The molecule has 3 saturated heterocycles. The van der Waals surface area contributed by atoms with Gasteiger partial charge in [0.15, 0.2) is 0 Å². The van der Waals surface area contributed by atoms with Crippen LogP contribution in [0.5, 0.6) is 0 Å². The number of benzene rings is 1. The number of piperidine rings is 2. The zero-order valence-electron chi connectivity index (χ0n) is 23.6. The van der Waals surface area contributed by atoms with Crippen LogP contribution in [0.2, 0.25) is 0 Å². The maximum absolute atomic E-state index is 14.5. The van der Waals surface area contributed by atoms with Crippen LogP contribution in [0.4, 0.5) is 4.39 Å². The molecule has 2 aromatic heterocycles. The van der Waals surface area contributed by atoms with Gasteiger partial charge in [-0.05, 0) is 75.8 Å². The highest BCUT2D eigenvalue weighted by Gasteiger charge is 2.43. The Kier molecular flexibility index (Phi) is 6.98. The summed E-state index contributed by atoms with van der Waals surface area (Å²) < 4.78 is 16.5. The lowest BCUT2D eigenvalue weighted by Crippen LogP contribution is -2.59. The molecule has 2 amide bonds. The molecule has 1 aromatic carbocycles. The molecule has 3 aromatic rings. The van der Waals surface area contributed by atoms with E-state index in [0.717, 1.165) is 42.3 Å². The number of aromatic nitrogens is 2. The lowest BCUT2D eigenvalue weighted by molar-refractivity contribution is -0.135. The van der Waals surface area contributed by atoms with Crippen LogP contribution < -0.4 is 5.32 Å².